The van der Waals surface area contributed by atoms with Gasteiger partial charge in [-0.25, -0.2) is 4.99 Å². The monoisotopic (exact) mass is 420 g/mol. The molecule has 0 aromatic heterocycles. The maximum absolute atomic E-state index is 12.1. The van der Waals surface area contributed by atoms with Gasteiger partial charge in [0.1, 0.15) is 6.54 Å². The smallest absolute Gasteiger partial charge is 0.243 e. The van der Waals surface area contributed by atoms with Crippen LogP contribution in [-0.4, -0.2) is 82.8 Å². The summed E-state index contributed by atoms with van der Waals surface area (Å²) in [5.41, 5.74) is 2.19. The number of aryl methyl sites for hydroxylation is 1. The summed E-state index contributed by atoms with van der Waals surface area (Å²) >= 11 is 0. The number of methoxy groups -OCH3 is 2. The zero-order valence-corrected chi connectivity index (χ0v) is 19.2. The minimum atomic E-state index is -0.0427. The summed E-state index contributed by atoms with van der Waals surface area (Å²) in [6.45, 7) is 4.22. The standard InChI is InChI=1S/C22H36N4O4/c1-16-11-19(28-5)20(29-6)12-17(16)15-26(4)22(24-14-21(27)25(2)3)23-13-18-9-7-8-10-30-18/h11-12,18H,7-10,13-15H2,1-6H3,(H,23,24). The van der Waals surface area contributed by atoms with Crippen LogP contribution in [-0.2, 0) is 16.1 Å². The molecule has 1 atom stereocenters. The van der Waals surface area contributed by atoms with Crippen LogP contribution in [0.15, 0.2) is 17.1 Å². The fraction of sp³-hybridized carbons (Fsp3) is 0.636. The van der Waals surface area contributed by atoms with Crippen molar-refractivity contribution in [3.05, 3.63) is 23.3 Å². The number of aliphatic imine (C=N–C) groups is 1. The highest BCUT2D eigenvalue weighted by atomic mass is 16.5. The fourth-order valence-corrected chi connectivity index (χ4v) is 3.29. The molecular formula is C22H36N4O4. The average Bonchev–Trinajstić information content (AvgIpc) is 2.75. The van der Waals surface area contributed by atoms with Gasteiger partial charge in [-0.2, -0.15) is 0 Å². The molecule has 8 nitrogen and oxygen atoms in total. The van der Waals surface area contributed by atoms with E-state index in [1.54, 1.807) is 33.2 Å². The third kappa shape index (κ3) is 6.79. The first kappa shape index (κ1) is 23.8. The lowest BCUT2D eigenvalue weighted by Crippen LogP contribution is -2.44. The predicted octanol–water partition coefficient (Wildman–Crippen LogP) is 2.05. The van der Waals surface area contributed by atoms with Crippen LogP contribution in [0.5, 0.6) is 11.5 Å². The number of carbonyl (C=O) groups excluding carboxylic acids is 1. The van der Waals surface area contributed by atoms with E-state index in [1.165, 1.54) is 6.42 Å². The summed E-state index contributed by atoms with van der Waals surface area (Å²) in [4.78, 5) is 20.2. The van der Waals surface area contributed by atoms with E-state index in [0.29, 0.717) is 30.5 Å². The summed E-state index contributed by atoms with van der Waals surface area (Å²) in [7, 11) is 8.69. The molecule has 30 heavy (non-hydrogen) atoms. The average molecular weight is 421 g/mol. The fourth-order valence-electron chi connectivity index (χ4n) is 3.29. The van der Waals surface area contributed by atoms with E-state index in [9.17, 15) is 4.79 Å². The minimum Gasteiger partial charge on any atom is -0.493 e. The van der Waals surface area contributed by atoms with Gasteiger partial charge in [-0.3, -0.25) is 4.79 Å². The second kappa shape index (κ2) is 11.6. The normalized spacial score (nSPS) is 16.7. The molecule has 0 saturated carbocycles. The number of rotatable bonds is 8. The summed E-state index contributed by atoms with van der Waals surface area (Å²) in [5, 5.41) is 3.40. The van der Waals surface area contributed by atoms with Gasteiger partial charge in [-0.15, -0.1) is 0 Å². The largest absolute Gasteiger partial charge is 0.493 e. The molecule has 0 bridgehead atoms. The van der Waals surface area contributed by atoms with Crippen molar-refractivity contribution >= 4 is 11.9 Å². The van der Waals surface area contributed by atoms with Gasteiger partial charge in [0.05, 0.1) is 20.3 Å². The van der Waals surface area contributed by atoms with E-state index in [4.69, 9.17) is 14.2 Å². The lowest BCUT2D eigenvalue weighted by Gasteiger charge is -2.27. The number of nitrogens with one attached hydrogen (secondary N) is 1. The quantitative estimate of drug-likeness (QED) is 0.512. The van der Waals surface area contributed by atoms with Crippen molar-refractivity contribution < 1.29 is 19.0 Å². The Hall–Kier alpha value is -2.48. The SMILES string of the molecule is COc1cc(C)c(CN(C)C(=NCC(=O)N(C)C)NCC2CCCCO2)cc1OC. The second-order valence-corrected chi connectivity index (χ2v) is 7.79. The first-order valence-electron chi connectivity index (χ1n) is 10.4. The Balaban J connectivity index is 2.15. The van der Waals surface area contributed by atoms with Crippen LogP contribution in [0.1, 0.15) is 30.4 Å². The molecule has 1 saturated heterocycles. The molecule has 1 aromatic carbocycles. The second-order valence-electron chi connectivity index (χ2n) is 7.79. The van der Waals surface area contributed by atoms with Gasteiger partial charge in [0.2, 0.25) is 5.91 Å². The Morgan fingerprint density at radius 3 is 2.50 bits per heavy atom. The Morgan fingerprint density at radius 2 is 1.90 bits per heavy atom. The molecule has 0 spiro atoms. The van der Waals surface area contributed by atoms with E-state index >= 15 is 0 Å². The van der Waals surface area contributed by atoms with Crippen molar-refractivity contribution in [3.8, 4) is 11.5 Å². The Labute approximate surface area is 180 Å². The molecule has 1 aliphatic rings. The zero-order valence-electron chi connectivity index (χ0n) is 19.2. The molecule has 1 fully saturated rings. The van der Waals surface area contributed by atoms with Crippen molar-refractivity contribution in [2.24, 2.45) is 4.99 Å². The van der Waals surface area contributed by atoms with E-state index in [-0.39, 0.29) is 18.6 Å². The van der Waals surface area contributed by atoms with Gasteiger partial charge in [0.25, 0.3) is 0 Å². The van der Waals surface area contributed by atoms with Gasteiger partial charge in [0, 0.05) is 40.8 Å². The number of amides is 1. The number of hydrogen-bond acceptors (Lipinski definition) is 5. The molecule has 1 N–H and O–H groups in total. The van der Waals surface area contributed by atoms with Crippen LogP contribution in [0.2, 0.25) is 0 Å². The number of benzene rings is 1. The molecule has 2 rings (SSSR count). The van der Waals surface area contributed by atoms with Crippen molar-refractivity contribution in [1.82, 2.24) is 15.1 Å². The number of ether oxygens (including phenoxy) is 3. The first-order valence-corrected chi connectivity index (χ1v) is 10.4. The highest BCUT2D eigenvalue weighted by Gasteiger charge is 2.17. The highest BCUT2D eigenvalue weighted by molar-refractivity contribution is 5.84. The summed E-state index contributed by atoms with van der Waals surface area (Å²) < 4.78 is 16.7. The van der Waals surface area contributed by atoms with Gasteiger partial charge >= 0.3 is 0 Å². The molecule has 168 valence electrons. The van der Waals surface area contributed by atoms with E-state index < -0.39 is 0 Å². The minimum absolute atomic E-state index is 0.0427. The first-order chi connectivity index (χ1) is 14.3. The molecule has 1 heterocycles. The maximum Gasteiger partial charge on any atom is 0.243 e. The highest BCUT2D eigenvalue weighted by Crippen LogP contribution is 2.30. The van der Waals surface area contributed by atoms with E-state index in [1.807, 2.05) is 31.0 Å². The van der Waals surface area contributed by atoms with Gasteiger partial charge < -0.3 is 29.3 Å². The Morgan fingerprint density at radius 1 is 1.20 bits per heavy atom. The predicted molar refractivity (Wildman–Crippen MR) is 118 cm³/mol. The number of carbonyl (C=O) groups is 1. The molecule has 1 aliphatic heterocycles. The van der Waals surface area contributed by atoms with Gasteiger partial charge in [-0.05, 0) is 49.4 Å². The Kier molecular flexibility index (Phi) is 9.23. The number of nitrogens with zero attached hydrogens (tertiary/aromatic N) is 3. The van der Waals surface area contributed by atoms with Gasteiger partial charge in [-0.1, -0.05) is 0 Å². The molecular weight excluding hydrogens is 384 g/mol. The lowest BCUT2D eigenvalue weighted by atomic mass is 10.1. The molecule has 1 aromatic rings. The Bertz CT molecular complexity index is 730. The van der Waals surface area contributed by atoms with E-state index in [0.717, 1.165) is 30.6 Å². The van der Waals surface area contributed by atoms with E-state index in [2.05, 4.69) is 10.3 Å². The molecule has 0 aliphatic carbocycles. The zero-order chi connectivity index (χ0) is 22.1. The topological polar surface area (TPSA) is 75.6 Å². The number of guanidine groups is 1. The third-order valence-corrected chi connectivity index (χ3v) is 5.24. The summed E-state index contributed by atoms with van der Waals surface area (Å²) in [6.07, 6.45) is 3.51. The third-order valence-electron chi connectivity index (χ3n) is 5.24. The van der Waals surface area contributed by atoms with Crippen LogP contribution >= 0.6 is 0 Å². The van der Waals surface area contributed by atoms with Crippen LogP contribution in [0, 0.1) is 6.92 Å². The van der Waals surface area contributed by atoms with Crippen molar-refractivity contribution in [1.29, 1.82) is 0 Å². The van der Waals surface area contributed by atoms with Gasteiger partial charge in [0.15, 0.2) is 17.5 Å². The van der Waals surface area contributed by atoms with Crippen molar-refractivity contribution in [2.75, 3.05) is 55.1 Å². The molecule has 1 amide bonds. The lowest BCUT2D eigenvalue weighted by molar-refractivity contribution is -0.127. The number of hydrogen-bond donors (Lipinski definition) is 1. The van der Waals surface area contributed by atoms with Crippen molar-refractivity contribution in [3.63, 3.8) is 0 Å². The summed E-state index contributed by atoms with van der Waals surface area (Å²) in [5.74, 6) is 2.03. The maximum atomic E-state index is 12.1. The molecule has 0 radical (unpaired) electrons. The molecule has 1 unspecified atom stereocenters. The molecule has 8 heteroatoms. The van der Waals surface area contributed by atoms with Crippen LogP contribution in [0.3, 0.4) is 0 Å². The van der Waals surface area contributed by atoms with Crippen LogP contribution < -0.4 is 14.8 Å². The van der Waals surface area contributed by atoms with Crippen LogP contribution in [0.25, 0.3) is 0 Å². The number of likely N-dealkylation sites (N-methyl/N-ethyl adjacent to an activating group) is 1. The summed E-state index contributed by atoms with van der Waals surface area (Å²) in [6, 6.07) is 3.95. The van der Waals surface area contributed by atoms with Crippen molar-refractivity contribution in [2.45, 2.75) is 38.8 Å². The van der Waals surface area contributed by atoms with Crippen LogP contribution in [0.4, 0.5) is 0 Å².